The van der Waals surface area contributed by atoms with Crippen LogP contribution < -0.4 is 10.6 Å². The maximum Gasteiger partial charge on any atom is 0.238 e. The van der Waals surface area contributed by atoms with E-state index >= 15 is 0 Å². The van der Waals surface area contributed by atoms with Crippen LogP contribution in [0.3, 0.4) is 0 Å². The second-order valence-corrected chi connectivity index (χ2v) is 5.84. The second kappa shape index (κ2) is 7.75. The minimum absolute atomic E-state index is 0.0355. The van der Waals surface area contributed by atoms with E-state index in [4.69, 9.17) is 16.3 Å². The average Bonchev–Trinajstić information content (AvgIpc) is 2.43. The summed E-state index contributed by atoms with van der Waals surface area (Å²) in [6, 6.07) is 5.43. The normalized spacial score (nSPS) is 18.8. The number of halogens is 1. The van der Waals surface area contributed by atoms with Crippen LogP contribution in [0.4, 0.5) is 5.69 Å². The van der Waals surface area contributed by atoms with Gasteiger partial charge in [-0.25, -0.2) is 0 Å². The van der Waals surface area contributed by atoms with Gasteiger partial charge in [0, 0.05) is 30.3 Å². The molecule has 2 N–H and O–H groups in total. The van der Waals surface area contributed by atoms with Crippen LogP contribution in [0.5, 0.6) is 0 Å². The number of nitrogens with zero attached hydrogens (tertiary/aromatic N) is 1. The maximum absolute atomic E-state index is 12.1. The van der Waals surface area contributed by atoms with E-state index in [1.807, 2.05) is 31.0 Å². The molecule has 1 aliphatic rings. The van der Waals surface area contributed by atoms with Crippen LogP contribution in [0, 0.1) is 6.92 Å². The summed E-state index contributed by atoms with van der Waals surface area (Å²) in [6.07, 6.45) is 0.147. The van der Waals surface area contributed by atoms with Gasteiger partial charge in [-0.15, -0.1) is 0 Å². The molecule has 2 rings (SSSR count). The highest BCUT2D eigenvalue weighted by molar-refractivity contribution is 6.30. The van der Waals surface area contributed by atoms with Gasteiger partial charge in [0.05, 0.1) is 19.3 Å². The number of morpholine rings is 1. The summed E-state index contributed by atoms with van der Waals surface area (Å²) in [7, 11) is 1.92. The lowest BCUT2D eigenvalue weighted by Gasteiger charge is -2.27. The molecular weight excluding hydrogens is 290 g/mol. The molecule has 1 unspecified atom stereocenters. The van der Waals surface area contributed by atoms with Crippen molar-refractivity contribution < 1.29 is 9.53 Å². The number of nitrogens with one attached hydrogen (secondary N) is 2. The molecule has 1 saturated heterocycles. The predicted octanol–water partition coefficient (Wildman–Crippen LogP) is 1.51. The Hall–Kier alpha value is -1.14. The number of amides is 1. The third-order valence-electron chi connectivity index (χ3n) is 3.40. The van der Waals surface area contributed by atoms with E-state index in [2.05, 4.69) is 10.6 Å². The van der Waals surface area contributed by atoms with Crippen molar-refractivity contribution >= 4 is 23.2 Å². The third-order valence-corrected chi connectivity index (χ3v) is 3.63. The standard InChI is InChI=1S/C15H22ClN3O2/c1-11-7-12(16)3-4-14(11)18-15(20)10-19(2)9-13-8-17-5-6-21-13/h3-4,7,13,17H,5-6,8-10H2,1-2H3,(H,18,20). The number of hydrogen-bond donors (Lipinski definition) is 2. The maximum atomic E-state index is 12.1. The van der Waals surface area contributed by atoms with E-state index in [0.29, 0.717) is 11.6 Å². The number of hydrogen-bond acceptors (Lipinski definition) is 4. The molecule has 6 heteroatoms. The Labute approximate surface area is 130 Å². The summed E-state index contributed by atoms with van der Waals surface area (Å²) in [5.74, 6) is -0.0355. The van der Waals surface area contributed by atoms with E-state index in [1.165, 1.54) is 0 Å². The largest absolute Gasteiger partial charge is 0.374 e. The van der Waals surface area contributed by atoms with Crippen LogP contribution >= 0.6 is 11.6 Å². The first-order valence-electron chi connectivity index (χ1n) is 7.11. The second-order valence-electron chi connectivity index (χ2n) is 5.40. The number of aryl methyl sites for hydroxylation is 1. The van der Waals surface area contributed by atoms with Gasteiger partial charge in [0.15, 0.2) is 0 Å². The summed E-state index contributed by atoms with van der Waals surface area (Å²) in [6.45, 7) is 5.46. The summed E-state index contributed by atoms with van der Waals surface area (Å²) in [5, 5.41) is 6.86. The van der Waals surface area contributed by atoms with E-state index in [-0.39, 0.29) is 12.0 Å². The van der Waals surface area contributed by atoms with Crippen LogP contribution in [0.2, 0.25) is 5.02 Å². The smallest absolute Gasteiger partial charge is 0.238 e. The third kappa shape index (κ3) is 5.28. The molecule has 1 aromatic carbocycles. The van der Waals surface area contributed by atoms with Crippen molar-refractivity contribution in [1.82, 2.24) is 10.2 Å². The molecule has 21 heavy (non-hydrogen) atoms. The van der Waals surface area contributed by atoms with Crippen molar-refractivity contribution in [1.29, 1.82) is 0 Å². The van der Waals surface area contributed by atoms with E-state index in [0.717, 1.165) is 37.5 Å². The molecule has 1 aliphatic heterocycles. The van der Waals surface area contributed by atoms with Gasteiger partial charge in [0.1, 0.15) is 0 Å². The lowest BCUT2D eigenvalue weighted by molar-refractivity contribution is -0.117. The van der Waals surface area contributed by atoms with Crippen LogP contribution in [0.25, 0.3) is 0 Å². The first kappa shape index (κ1) is 16.2. The average molecular weight is 312 g/mol. The minimum atomic E-state index is -0.0355. The number of anilines is 1. The number of carbonyl (C=O) groups is 1. The molecule has 0 spiro atoms. The molecule has 1 heterocycles. The number of carbonyl (C=O) groups excluding carboxylic acids is 1. The molecular formula is C15H22ClN3O2. The Morgan fingerprint density at radius 2 is 2.38 bits per heavy atom. The van der Waals surface area contributed by atoms with Crippen molar-refractivity contribution in [3.8, 4) is 0 Å². The SMILES string of the molecule is Cc1cc(Cl)ccc1NC(=O)CN(C)CC1CNCCO1. The van der Waals surface area contributed by atoms with Crippen molar-refractivity contribution in [2.24, 2.45) is 0 Å². The van der Waals surface area contributed by atoms with Crippen LogP contribution in [-0.4, -0.2) is 56.7 Å². The lowest BCUT2D eigenvalue weighted by Crippen LogP contribution is -2.45. The molecule has 0 bridgehead atoms. The Morgan fingerprint density at radius 1 is 1.57 bits per heavy atom. The molecule has 1 fully saturated rings. The van der Waals surface area contributed by atoms with Gasteiger partial charge in [-0.3, -0.25) is 9.69 Å². The van der Waals surface area contributed by atoms with E-state index in [1.54, 1.807) is 6.07 Å². The quantitative estimate of drug-likeness (QED) is 0.865. The van der Waals surface area contributed by atoms with Gasteiger partial charge < -0.3 is 15.4 Å². The monoisotopic (exact) mass is 311 g/mol. The number of ether oxygens (including phenoxy) is 1. The first-order chi connectivity index (χ1) is 10.0. The number of rotatable bonds is 5. The van der Waals surface area contributed by atoms with E-state index < -0.39 is 0 Å². The Bertz CT molecular complexity index is 490. The number of likely N-dealkylation sites (N-methyl/N-ethyl adjacent to an activating group) is 1. The summed E-state index contributed by atoms with van der Waals surface area (Å²) >= 11 is 5.91. The minimum Gasteiger partial charge on any atom is -0.374 e. The van der Waals surface area contributed by atoms with E-state index in [9.17, 15) is 4.79 Å². The molecule has 5 nitrogen and oxygen atoms in total. The van der Waals surface area contributed by atoms with Gasteiger partial charge in [0.25, 0.3) is 0 Å². The highest BCUT2D eigenvalue weighted by atomic mass is 35.5. The Morgan fingerprint density at radius 3 is 3.05 bits per heavy atom. The zero-order valence-corrected chi connectivity index (χ0v) is 13.2. The topological polar surface area (TPSA) is 53.6 Å². The van der Waals surface area contributed by atoms with Crippen LogP contribution in [0.15, 0.2) is 18.2 Å². The predicted molar refractivity (Wildman–Crippen MR) is 84.9 cm³/mol. The molecule has 0 aromatic heterocycles. The van der Waals surface area contributed by atoms with Crippen LogP contribution in [-0.2, 0) is 9.53 Å². The Balaban J connectivity index is 1.80. The molecule has 0 saturated carbocycles. The Kier molecular flexibility index (Phi) is 5.99. The highest BCUT2D eigenvalue weighted by Crippen LogP contribution is 2.19. The zero-order chi connectivity index (χ0) is 15.2. The fourth-order valence-corrected chi connectivity index (χ4v) is 2.58. The molecule has 1 aromatic rings. The first-order valence-corrected chi connectivity index (χ1v) is 7.49. The van der Waals surface area contributed by atoms with Gasteiger partial charge >= 0.3 is 0 Å². The van der Waals surface area contributed by atoms with Crippen molar-refractivity contribution in [3.05, 3.63) is 28.8 Å². The highest BCUT2D eigenvalue weighted by Gasteiger charge is 2.17. The molecule has 0 radical (unpaired) electrons. The van der Waals surface area contributed by atoms with Crippen LogP contribution in [0.1, 0.15) is 5.56 Å². The van der Waals surface area contributed by atoms with Gasteiger partial charge in [-0.2, -0.15) is 0 Å². The van der Waals surface area contributed by atoms with Crippen molar-refractivity contribution in [2.45, 2.75) is 13.0 Å². The zero-order valence-electron chi connectivity index (χ0n) is 12.5. The summed E-state index contributed by atoms with van der Waals surface area (Å²) < 4.78 is 5.63. The van der Waals surface area contributed by atoms with Crippen molar-refractivity contribution in [2.75, 3.05) is 45.2 Å². The molecule has 0 aliphatic carbocycles. The van der Waals surface area contributed by atoms with Gasteiger partial charge in [0.2, 0.25) is 5.91 Å². The van der Waals surface area contributed by atoms with Crippen molar-refractivity contribution in [3.63, 3.8) is 0 Å². The summed E-state index contributed by atoms with van der Waals surface area (Å²) in [4.78, 5) is 14.0. The number of benzene rings is 1. The molecule has 1 atom stereocenters. The van der Waals surface area contributed by atoms with Gasteiger partial charge in [-0.1, -0.05) is 11.6 Å². The molecule has 1 amide bonds. The molecule has 116 valence electrons. The van der Waals surface area contributed by atoms with Gasteiger partial charge in [-0.05, 0) is 37.7 Å². The lowest BCUT2D eigenvalue weighted by atomic mass is 10.2. The summed E-state index contributed by atoms with van der Waals surface area (Å²) in [5.41, 5.74) is 1.76. The fourth-order valence-electron chi connectivity index (χ4n) is 2.35. The fraction of sp³-hybridized carbons (Fsp3) is 0.533.